The van der Waals surface area contributed by atoms with Gasteiger partial charge in [0.25, 0.3) is 0 Å². The van der Waals surface area contributed by atoms with Crippen molar-refractivity contribution >= 4 is 0 Å². The number of benzene rings is 1. The van der Waals surface area contributed by atoms with Crippen molar-refractivity contribution in [1.29, 1.82) is 0 Å². The van der Waals surface area contributed by atoms with Crippen LogP contribution >= 0.6 is 0 Å². The fourth-order valence-electron chi connectivity index (χ4n) is 1.13. The van der Waals surface area contributed by atoms with E-state index >= 15 is 0 Å². The summed E-state index contributed by atoms with van der Waals surface area (Å²) in [6.45, 7) is 1.42. The van der Waals surface area contributed by atoms with Crippen LogP contribution in [0.4, 0.5) is 0 Å². The van der Waals surface area contributed by atoms with Crippen LogP contribution in [0, 0.1) is 6.92 Å². The summed E-state index contributed by atoms with van der Waals surface area (Å²) in [5, 5.41) is 0. The summed E-state index contributed by atoms with van der Waals surface area (Å²) in [4.78, 5) is 0. The zero-order valence-corrected chi connectivity index (χ0v) is 7.03. The van der Waals surface area contributed by atoms with Crippen LogP contribution in [-0.4, -0.2) is 13.6 Å². The number of aryl methyl sites for hydroxylation is 1. The third kappa shape index (κ3) is 1.12. The van der Waals surface area contributed by atoms with E-state index < -0.39 is 6.48 Å². The maximum atomic E-state index is 5.29. The average molecular weight is 166 g/mol. The van der Waals surface area contributed by atoms with Crippen LogP contribution in [0.3, 0.4) is 0 Å². The largest absolute Gasteiger partial charge is 0.428 e. The fraction of sp³-hybridized carbons (Fsp3) is 0.333. The topological polar surface area (TPSA) is 27.7 Å². The molecule has 1 aromatic rings. The molecule has 0 saturated heterocycles. The summed E-state index contributed by atoms with van der Waals surface area (Å²) in [6, 6.07) is 5.78. The number of hydrogen-bond acceptors (Lipinski definition) is 3. The Bertz CT molecular complexity index is 296. The van der Waals surface area contributed by atoms with Crippen molar-refractivity contribution < 1.29 is 14.2 Å². The van der Waals surface area contributed by atoms with Crippen molar-refractivity contribution in [2.24, 2.45) is 0 Å². The molecular weight excluding hydrogens is 156 g/mol. The molecule has 3 nitrogen and oxygen atoms in total. The molecule has 0 fully saturated rings. The molecule has 0 unspecified atom stereocenters. The molecule has 0 aliphatic carbocycles. The smallest absolute Gasteiger partial charge is 0.360 e. The zero-order valence-electron chi connectivity index (χ0n) is 7.03. The van der Waals surface area contributed by atoms with Crippen LogP contribution < -0.4 is 9.47 Å². The van der Waals surface area contributed by atoms with Gasteiger partial charge >= 0.3 is 6.48 Å². The molecule has 1 heterocycles. The molecule has 0 amide bonds. The van der Waals surface area contributed by atoms with Crippen molar-refractivity contribution in [1.82, 2.24) is 0 Å². The average Bonchev–Trinajstić information content (AvgIpc) is 2.46. The Morgan fingerprint density at radius 3 is 2.75 bits per heavy atom. The highest BCUT2D eigenvalue weighted by Crippen LogP contribution is 2.35. The van der Waals surface area contributed by atoms with Gasteiger partial charge in [0.1, 0.15) is 0 Å². The Hall–Kier alpha value is -1.22. The van der Waals surface area contributed by atoms with Crippen LogP contribution in [0.1, 0.15) is 5.56 Å². The van der Waals surface area contributed by atoms with Crippen molar-refractivity contribution in [2.45, 2.75) is 13.4 Å². The Balaban J connectivity index is 2.30. The van der Waals surface area contributed by atoms with Crippen LogP contribution in [0.15, 0.2) is 18.2 Å². The molecule has 1 aliphatic rings. The van der Waals surface area contributed by atoms with Crippen molar-refractivity contribution in [3.05, 3.63) is 23.8 Å². The lowest BCUT2D eigenvalue weighted by Crippen LogP contribution is -2.19. The van der Waals surface area contributed by atoms with E-state index in [0.717, 1.165) is 17.1 Å². The molecule has 0 bridgehead atoms. The van der Waals surface area contributed by atoms with Crippen molar-refractivity contribution in [3.63, 3.8) is 0 Å². The maximum Gasteiger partial charge on any atom is 0.360 e. The van der Waals surface area contributed by atoms with Gasteiger partial charge in [0.2, 0.25) is 0 Å². The summed E-state index contributed by atoms with van der Waals surface area (Å²) < 4.78 is 15.4. The molecule has 0 saturated carbocycles. The van der Waals surface area contributed by atoms with Gasteiger partial charge in [-0.2, -0.15) is 0 Å². The molecule has 2 rings (SSSR count). The van der Waals surface area contributed by atoms with E-state index in [4.69, 9.17) is 14.2 Å². The van der Waals surface area contributed by atoms with Gasteiger partial charge < -0.3 is 14.2 Å². The standard InChI is InChI=1S/C9H10O3/c1-6-3-4-7-8(5-6)12-9(10-2)11-7/h3-5,9H,1-2H3/t9-/m0/s1. The second-order valence-electron chi connectivity index (χ2n) is 2.71. The third-order valence-corrected chi connectivity index (χ3v) is 1.74. The lowest BCUT2D eigenvalue weighted by molar-refractivity contribution is -0.157. The highest BCUT2D eigenvalue weighted by atomic mass is 16.9. The van der Waals surface area contributed by atoms with Crippen molar-refractivity contribution in [2.75, 3.05) is 7.11 Å². The lowest BCUT2D eigenvalue weighted by Gasteiger charge is -2.05. The number of ether oxygens (including phenoxy) is 3. The molecule has 1 aliphatic heterocycles. The summed E-state index contributed by atoms with van der Waals surface area (Å²) >= 11 is 0. The Morgan fingerprint density at radius 2 is 2.00 bits per heavy atom. The second-order valence-corrected chi connectivity index (χ2v) is 2.71. The normalized spacial score (nSPS) is 19.7. The first-order valence-electron chi connectivity index (χ1n) is 3.76. The molecule has 1 aromatic carbocycles. The molecule has 0 radical (unpaired) electrons. The monoisotopic (exact) mass is 166 g/mol. The Morgan fingerprint density at radius 1 is 1.25 bits per heavy atom. The van der Waals surface area contributed by atoms with Gasteiger partial charge in [-0.25, -0.2) is 0 Å². The number of methoxy groups -OCH3 is 1. The first-order chi connectivity index (χ1) is 5.79. The molecule has 3 heteroatoms. The van der Waals surface area contributed by atoms with Gasteiger partial charge in [-0.1, -0.05) is 6.07 Å². The van der Waals surface area contributed by atoms with Gasteiger partial charge in [-0.05, 0) is 24.6 Å². The molecule has 0 N–H and O–H groups in total. The summed E-state index contributed by atoms with van der Waals surface area (Å²) in [5.41, 5.74) is 1.15. The number of fused-ring (bicyclic) bond motifs is 1. The summed E-state index contributed by atoms with van der Waals surface area (Å²) in [5.74, 6) is 1.49. The molecule has 1 atom stereocenters. The van der Waals surface area contributed by atoms with Gasteiger partial charge in [0, 0.05) is 7.11 Å². The number of hydrogen-bond donors (Lipinski definition) is 0. The summed E-state index contributed by atoms with van der Waals surface area (Å²) in [7, 11) is 1.55. The second kappa shape index (κ2) is 2.68. The summed E-state index contributed by atoms with van der Waals surface area (Å²) in [6.07, 6.45) is 0. The molecular formula is C9H10O3. The first-order valence-corrected chi connectivity index (χ1v) is 3.76. The lowest BCUT2D eigenvalue weighted by atomic mass is 10.2. The first kappa shape index (κ1) is 7.43. The SMILES string of the molecule is CO[C@H]1Oc2ccc(C)cc2O1. The van der Waals surface area contributed by atoms with E-state index in [1.807, 2.05) is 25.1 Å². The minimum absolute atomic E-state index is 0.582. The van der Waals surface area contributed by atoms with Gasteiger partial charge in [0.15, 0.2) is 11.5 Å². The zero-order chi connectivity index (χ0) is 8.55. The van der Waals surface area contributed by atoms with Crippen LogP contribution in [0.2, 0.25) is 0 Å². The maximum absolute atomic E-state index is 5.29. The Kier molecular flexibility index (Phi) is 1.66. The van der Waals surface area contributed by atoms with Crippen LogP contribution in [-0.2, 0) is 4.74 Å². The highest BCUT2D eigenvalue weighted by Gasteiger charge is 2.23. The van der Waals surface area contributed by atoms with E-state index in [1.54, 1.807) is 7.11 Å². The van der Waals surface area contributed by atoms with E-state index in [1.165, 1.54) is 0 Å². The van der Waals surface area contributed by atoms with Crippen LogP contribution in [0.25, 0.3) is 0 Å². The Labute approximate surface area is 70.9 Å². The minimum Gasteiger partial charge on any atom is -0.428 e. The third-order valence-electron chi connectivity index (χ3n) is 1.74. The highest BCUT2D eigenvalue weighted by molar-refractivity contribution is 5.44. The molecule has 0 aromatic heterocycles. The van der Waals surface area contributed by atoms with Crippen molar-refractivity contribution in [3.8, 4) is 11.5 Å². The van der Waals surface area contributed by atoms with E-state index in [2.05, 4.69) is 0 Å². The molecule has 12 heavy (non-hydrogen) atoms. The number of rotatable bonds is 1. The minimum atomic E-state index is -0.582. The van der Waals surface area contributed by atoms with Gasteiger partial charge in [-0.15, -0.1) is 0 Å². The molecule has 0 spiro atoms. The van der Waals surface area contributed by atoms with Gasteiger partial charge in [0.05, 0.1) is 0 Å². The van der Waals surface area contributed by atoms with E-state index in [-0.39, 0.29) is 0 Å². The van der Waals surface area contributed by atoms with E-state index in [9.17, 15) is 0 Å². The predicted molar refractivity (Wildman–Crippen MR) is 43.2 cm³/mol. The predicted octanol–water partition coefficient (Wildman–Crippen LogP) is 1.70. The molecule has 64 valence electrons. The quantitative estimate of drug-likeness (QED) is 0.635. The van der Waals surface area contributed by atoms with Gasteiger partial charge in [-0.3, -0.25) is 0 Å². The van der Waals surface area contributed by atoms with Crippen LogP contribution in [0.5, 0.6) is 11.5 Å². The fourth-order valence-corrected chi connectivity index (χ4v) is 1.13. The van der Waals surface area contributed by atoms with E-state index in [0.29, 0.717) is 0 Å².